The maximum Gasteiger partial charge on any atom is 0.0784 e. The maximum absolute atomic E-state index is 5.78. The Labute approximate surface area is 72.5 Å². The first-order chi connectivity index (χ1) is 5.54. The van der Waals surface area contributed by atoms with Crippen molar-refractivity contribution in [2.75, 3.05) is 17.2 Å². The molecule has 3 nitrogen and oxygen atoms in total. The highest BCUT2D eigenvalue weighted by Gasteiger charge is 2.08. The van der Waals surface area contributed by atoms with E-state index in [1.165, 1.54) is 0 Å². The zero-order valence-electron chi connectivity index (χ0n) is 7.46. The molecule has 0 aliphatic heterocycles. The second-order valence-corrected chi connectivity index (χ2v) is 3.23. The van der Waals surface area contributed by atoms with E-state index in [0.29, 0.717) is 23.0 Å². The summed E-state index contributed by atoms with van der Waals surface area (Å²) in [6.07, 6.45) is 0. The molecule has 0 bridgehead atoms. The van der Waals surface area contributed by atoms with Gasteiger partial charge in [0.1, 0.15) is 0 Å². The van der Waals surface area contributed by atoms with Crippen LogP contribution in [0.3, 0.4) is 0 Å². The lowest BCUT2D eigenvalue weighted by Crippen LogP contribution is -2.04. The summed E-state index contributed by atoms with van der Waals surface area (Å²) in [4.78, 5) is 0. The van der Waals surface area contributed by atoms with Crippen molar-refractivity contribution in [1.29, 1.82) is 0 Å². The minimum atomic E-state index is 0.382. The van der Waals surface area contributed by atoms with E-state index in [1.807, 2.05) is 6.07 Å². The van der Waals surface area contributed by atoms with Crippen molar-refractivity contribution >= 4 is 17.1 Å². The van der Waals surface area contributed by atoms with Crippen molar-refractivity contribution < 1.29 is 0 Å². The first-order valence-corrected chi connectivity index (χ1v) is 3.97. The summed E-state index contributed by atoms with van der Waals surface area (Å²) in [6, 6.07) is 3.72. The average molecular weight is 165 g/mol. The molecule has 0 aromatic heterocycles. The fourth-order valence-electron chi connectivity index (χ4n) is 1.17. The van der Waals surface area contributed by atoms with Crippen molar-refractivity contribution in [3.63, 3.8) is 0 Å². The molecule has 0 fully saturated rings. The van der Waals surface area contributed by atoms with Crippen LogP contribution in [-0.4, -0.2) is 0 Å². The van der Waals surface area contributed by atoms with Crippen molar-refractivity contribution in [1.82, 2.24) is 0 Å². The third kappa shape index (κ3) is 1.30. The summed E-state index contributed by atoms with van der Waals surface area (Å²) in [5, 5.41) is 0. The molecule has 66 valence electrons. The number of nitrogen functional groups attached to an aromatic ring is 3. The van der Waals surface area contributed by atoms with Crippen LogP contribution in [0.4, 0.5) is 17.1 Å². The van der Waals surface area contributed by atoms with Crippen LogP contribution in [-0.2, 0) is 0 Å². The van der Waals surface area contributed by atoms with Gasteiger partial charge in [-0.15, -0.1) is 0 Å². The van der Waals surface area contributed by atoms with Crippen LogP contribution >= 0.6 is 0 Å². The van der Waals surface area contributed by atoms with Gasteiger partial charge in [0.15, 0.2) is 0 Å². The van der Waals surface area contributed by atoms with Gasteiger partial charge < -0.3 is 17.2 Å². The molecule has 12 heavy (non-hydrogen) atoms. The topological polar surface area (TPSA) is 78.1 Å². The summed E-state index contributed by atoms with van der Waals surface area (Å²) >= 11 is 0. The van der Waals surface area contributed by atoms with Gasteiger partial charge in [0, 0.05) is 0 Å². The summed E-state index contributed by atoms with van der Waals surface area (Å²) in [6.45, 7) is 4.14. The monoisotopic (exact) mass is 165 g/mol. The number of benzene rings is 1. The molecule has 0 spiro atoms. The Morgan fingerprint density at radius 2 is 1.58 bits per heavy atom. The van der Waals surface area contributed by atoms with Gasteiger partial charge in [0.25, 0.3) is 0 Å². The number of anilines is 3. The van der Waals surface area contributed by atoms with Gasteiger partial charge in [-0.3, -0.25) is 0 Å². The standard InChI is InChI=1S/C9H15N3/c1-5(2)6-3-4-7(10)9(12)8(6)11/h3-5H,10-12H2,1-2H3. The van der Waals surface area contributed by atoms with E-state index in [4.69, 9.17) is 17.2 Å². The fourth-order valence-corrected chi connectivity index (χ4v) is 1.17. The lowest BCUT2D eigenvalue weighted by Gasteiger charge is -2.12. The van der Waals surface area contributed by atoms with E-state index in [1.54, 1.807) is 6.07 Å². The average Bonchev–Trinajstić information content (AvgIpc) is 2.00. The lowest BCUT2D eigenvalue weighted by atomic mass is 10.00. The molecule has 0 aliphatic carbocycles. The summed E-state index contributed by atoms with van der Waals surface area (Å²) in [7, 11) is 0. The van der Waals surface area contributed by atoms with E-state index in [0.717, 1.165) is 5.56 Å². The molecule has 0 amide bonds. The zero-order valence-corrected chi connectivity index (χ0v) is 7.46. The zero-order chi connectivity index (χ0) is 9.30. The van der Waals surface area contributed by atoms with Crippen molar-refractivity contribution in [3.8, 4) is 0 Å². The van der Waals surface area contributed by atoms with Gasteiger partial charge in [-0.2, -0.15) is 0 Å². The molecule has 0 radical (unpaired) electrons. The molecule has 0 atom stereocenters. The Hall–Kier alpha value is -1.38. The third-order valence-electron chi connectivity index (χ3n) is 1.98. The second-order valence-electron chi connectivity index (χ2n) is 3.23. The summed E-state index contributed by atoms with van der Waals surface area (Å²) in [5.74, 6) is 0.382. The lowest BCUT2D eigenvalue weighted by molar-refractivity contribution is 0.871. The Bertz CT molecular complexity index is 292. The number of hydrogen-bond acceptors (Lipinski definition) is 3. The minimum absolute atomic E-state index is 0.382. The van der Waals surface area contributed by atoms with Crippen molar-refractivity contribution in [2.45, 2.75) is 19.8 Å². The molecule has 0 unspecified atom stereocenters. The Morgan fingerprint density at radius 3 is 2.08 bits per heavy atom. The van der Waals surface area contributed by atoms with Crippen LogP contribution in [0, 0.1) is 0 Å². The van der Waals surface area contributed by atoms with E-state index in [-0.39, 0.29) is 0 Å². The van der Waals surface area contributed by atoms with E-state index >= 15 is 0 Å². The minimum Gasteiger partial charge on any atom is -0.397 e. The van der Waals surface area contributed by atoms with Gasteiger partial charge in [-0.25, -0.2) is 0 Å². The Balaban J connectivity index is 3.27. The SMILES string of the molecule is CC(C)c1ccc(N)c(N)c1N. The molecular formula is C9H15N3. The van der Waals surface area contributed by atoms with Crippen molar-refractivity contribution in [3.05, 3.63) is 17.7 Å². The highest BCUT2D eigenvalue weighted by atomic mass is 14.7. The normalized spacial score (nSPS) is 10.6. The molecular weight excluding hydrogens is 150 g/mol. The number of rotatable bonds is 1. The summed E-state index contributed by atoms with van der Waals surface area (Å²) < 4.78 is 0. The van der Waals surface area contributed by atoms with Crippen LogP contribution < -0.4 is 17.2 Å². The molecule has 0 heterocycles. The predicted molar refractivity (Wildman–Crippen MR) is 53.8 cm³/mol. The Kier molecular flexibility index (Phi) is 2.13. The first kappa shape index (κ1) is 8.71. The van der Waals surface area contributed by atoms with Gasteiger partial charge >= 0.3 is 0 Å². The molecule has 0 aliphatic rings. The largest absolute Gasteiger partial charge is 0.397 e. The van der Waals surface area contributed by atoms with Gasteiger partial charge in [0.05, 0.1) is 17.1 Å². The highest BCUT2D eigenvalue weighted by molar-refractivity contribution is 5.79. The number of nitrogens with two attached hydrogens (primary N) is 3. The van der Waals surface area contributed by atoms with Crippen molar-refractivity contribution in [2.24, 2.45) is 0 Å². The van der Waals surface area contributed by atoms with Crippen LogP contribution in [0.5, 0.6) is 0 Å². The molecule has 1 aromatic carbocycles. The van der Waals surface area contributed by atoms with Crippen LogP contribution in [0.25, 0.3) is 0 Å². The molecule has 6 N–H and O–H groups in total. The smallest absolute Gasteiger partial charge is 0.0784 e. The van der Waals surface area contributed by atoms with Crippen LogP contribution in [0.1, 0.15) is 25.3 Å². The molecule has 3 heteroatoms. The summed E-state index contributed by atoms with van der Waals surface area (Å²) in [5.41, 5.74) is 19.8. The van der Waals surface area contributed by atoms with E-state index < -0.39 is 0 Å². The predicted octanol–water partition coefficient (Wildman–Crippen LogP) is 1.56. The van der Waals surface area contributed by atoms with Gasteiger partial charge in [0.2, 0.25) is 0 Å². The van der Waals surface area contributed by atoms with Crippen LogP contribution in [0.15, 0.2) is 12.1 Å². The number of hydrogen-bond donors (Lipinski definition) is 3. The molecule has 0 saturated heterocycles. The second kappa shape index (κ2) is 2.93. The maximum atomic E-state index is 5.78. The quantitative estimate of drug-likeness (QED) is 0.552. The van der Waals surface area contributed by atoms with Gasteiger partial charge in [-0.05, 0) is 17.5 Å². The third-order valence-corrected chi connectivity index (χ3v) is 1.98. The van der Waals surface area contributed by atoms with E-state index in [2.05, 4.69) is 13.8 Å². The molecule has 1 aromatic rings. The highest BCUT2D eigenvalue weighted by Crippen LogP contribution is 2.30. The Morgan fingerprint density at radius 1 is 1.00 bits per heavy atom. The molecule has 0 saturated carbocycles. The van der Waals surface area contributed by atoms with Crippen LogP contribution in [0.2, 0.25) is 0 Å². The van der Waals surface area contributed by atoms with Gasteiger partial charge in [-0.1, -0.05) is 19.9 Å². The van der Waals surface area contributed by atoms with E-state index in [9.17, 15) is 0 Å². The first-order valence-electron chi connectivity index (χ1n) is 3.97. The fraction of sp³-hybridized carbons (Fsp3) is 0.333. The molecule has 1 rings (SSSR count).